The number of hydrogen-bond acceptors (Lipinski definition) is 5. The van der Waals surface area contributed by atoms with Crippen LogP contribution >= 0.6 is 35.2 Å². The van der Waals surface area contributed by atoms with E-state index in [4.69, 9.17) is 28.6 Å². The molecule has 3 aromatic carbocycles. The van der Waals surface area contributed by atoms with Gasteiger partial charge in [-0.2, -0.15) is 0 Å². The predicted octanol–water partition coefficient (Wildman–Crippen LogP) is 6.13. The van der Waals surface area contributed by atoms with E-state index in [0.29, 0.717) is 15.9 Å². The van der Waals surface area contributed by atoms with Crippen molar-refractivity contribution in [3.63, 3.8) is 0 Å². The summed E-state index contributed by atoms with van der Waals surface area (Å²) in [7, 11) is 0. The van der Waals surface area contributed by atoms with Gasteiger partial charge in [0.1, 0.15) is 5.75 Å². The van der Waals surface area contributed by atoms with Gasteiger partial charge in [-0.3, -0.25) is 10.1 Å². The van der Waals surface area contributed by atoms with Crippen LogP contribution in [0.15, 0.2) is 60.0 Å². The number of nitrogens with zero attached hydrogens (tertiary/aromatic N) is 1. The number of hydrogen-bond donors (Lipinski definition) is 2. The minimum Gasteiger partial charge on any atom is -0.484 e. The number of carbonyl (C=O) groups is 1. The number of rotatable bonds is 5. The molecule has 0 aliphatic rings. The average Bonchev–Trinajstić information content (AvgIpc) is 3.23. The molecule has 0 saturated heterocycles. The van der Waals surface area contributed by atoms with Crippen molar-refractivity contribution in [1.29, 1.82) is 0 Å². The molecule has 2 N–H and O–H groups in total. The smallest absolute Gasteiger partial charge is 0.264 e. The van der Waals surface area contributed by atoms with Crippen LogP contribution in [-0.2, 0) is 4.79 Å². The SMILES string of the molecule is Cc1cc(OCC(=O)NC(=S)Nc2nc(-c3cccc4ccccc34)cs2)cc(C)c1Cl. The van der Waals surface area contributed by atoms with E-state index in [1.54, 1.807) is 12.1 Å². The highest BCUT2D eigenvalue weighted by molar-refractivity contribution is 7.80. The van der Waals surface area contributed by atoms with E-state index in [9.17, 15) is 4.79 Å². The first-order chi connectivity index (χ1) is 15.4. The Bertz CT molecular complexity index is 1290. The molecule has 0 aliphatic carbocycles. The third kappa shape index (κ3) is 5.07. The first kappa shape index (κ1) is 22.2. The van der Waals surface area contributed by atoms with Crippen LogP contribution < -0.4 is 15.4 Å². The molecule has 5 nitrogen and oxygen atoms in total. The molecule has 1 heterocycles. The standard InChI is InChI=1S/C24H20ClN3O2S2/c1-14-10-17(11-15(2)22(14)25)30-12-21(29)27-23(31)28-24-26-20(13-32-24)19-9-5-7-16-6-3-4-8-18(16)19/h3-11,13H,12H2,1-2H3,(H2,26,27,28,29,31). The van der Waals surface area contributed by atoms with E-state index >= 15 is 0 Å². The first-order valence-corrected chi connectivity index (χ1v) is 11.5. The minimum atomic E-state index is -0.362. The molecule has 0 bridgehead atoms. The summed E-state index contributed by atoms with van der Waals surface area (Å²) in [5.74, 6) is 0.219. The molecule has 0 spiro atoms. The lowest BCUT2D eigenvalue weighted by Gasteiger charge is -2.11. The number of thiocarbonyl (C=S) groups is 1. The highest BCUT2D eigenvalue weighted by Gasteiger charge is 2.11. The number of ether oxygens (including phenoxy) is 1. The van der Waals surface area contributed by atoms with Gasteiger partial charge in [-0.1, -0.05) is 54.1 Å². The molecule has 4 rings (SSSR count). The Morgan fingerprint density at radius 1 is 1.12 bits per heavy atom. The molecule has 0 aliphatic heterocycles. The predicted molar refractivity (Wildman–Crippen MR) is 136 cm³/mol. The number of fused-ring (bicyclic) bond motifs is 1. The third-order valence-electron chi connectivity index (χ3n) is 4.82. The largest absolute Gasteiger partial charge is 0.484 e. The molecular weight excluding hydrogens is 462 g/mol. The van der Waals surface area contributed by atoms with Gasteiger partial charge in [0.15, 0.2) is 16.9 Å². The van der Waals surface area contributed by atoms with Crippen molar-refractivity contribution in [3.8, 4) is 17.0 Å². The second-order valence-corrected chi connectivity index (χ2v) is 8.87. The van der Waals surface area contributed by atoms with E-state index < -0.39 is 0 Å². The molecule has 1 aromatic heterocycles. The zero-order valence-corrected chi connectivity index (χ0v) is 19.8. The van der Waals surface area contributed by atoms with Crippen LogP contribution in [0, 0.1) is 13.8 Å². The van der Waals surface area contributed by atoms with Crippen LogP contribution in [0.4, 0.5) is 5.13 Å². The van der Waals surface area contributed by atoms with E-state index in [0.717, 1.165) is 33.2 Å². The van der Waals surface area contributed by atoms with E-state index in [2.05, 4.69) is 33.8 Å². The van der Waals surface area contributed by atoms with E-state index in [1.807, 2.05) is 43.5 Å². The number of aryl methyl sites for hydroxylation is 2. The van der Waals surface area contributed by atoms with Gasteiger partial charge in [-0.15, -0.1) is 11.3 Å². The van der Waals surface area contributed by atoms with Crippen LogP contribution in [0.5, 0.6) is 5.75 Å². The minimum absolute atomic E-state index is 0.165. The number of amides is 1. The number of aromatic nitrogens is 1. The van der Waals surface area contributed by atoms with Crippen molar-refractivity contribution in [1.82, 2.24) is 10.3 Å². The summed E-state index contributed by atoms with van der Waals surface area (Å²) in [6.45, 7) is 3.62. The summed E-state index contributed by atoms with van der Waals surface area (Å²) < 4.78 is 5.57. The normalized spacial score (nSPS) is 10.7. The van der Waals surface area contributed by atoms with Crippen LogP contribution in [0.3, 0.4) is 0 Å². The highest BCUT2D eigenvalue weighted by Crippen LogP contribution is 2.31. The maximum atomic E-state index is 12.2. The summed E-state index contributed by atoms with van der Waals surface area (Å²) in [6.07, 6.45) is 0. The van der Waals surface area contributed by atoms with Gasteiger partial charge in [-0.05, 0) is 60.1 Å². The third-order valence-corrected chi connectivity index (χ3v) is 6.38. The maximum Gasteiger partial charge on any atom is 0.264 e. The fourth-order valence-corrected chi connectivity index (χ4v) is 4.43. The molecular formula is C24H20ClN3O2S2. The Hall–Kier alpha value is -3.00. The lowest BCUT2D eigenvalue weighted by atomic mass is 10.0. The lowest BCUT2D eigenvalue weighted by molar-refractivity contribution is -0.121. The molecule has 8 heteroatoms. The molecule has 32 heavy (non-hydrogen) atoms. The summed E-state index contributed by atoms with van der Waals surface area (Å²) in [5, 5.41) is 11.3. The number of nitrogens with one attached hydrogen (secondary N) is 2. The van der Waals surface area contributed by atoms with Gasteiger partial charge in [0, 0.05) is 16.0 Å². The second-order valence-electron chi connectivity index (χ2n) is 7.23. The van der Waals surface area contributed by atoms with Gasteiger partial charge >= 0.3 is 0 Å². The Labute approximate surface area is 200 Å². The number of halogens is 1. The van der Waals surface area contributed by atoms with Gasteiger partial charge in [0.05, 0.1) is 5.69 Å². The zero-order chi connectivity index (χ0) is 22.7. The monoisotopic (exact) mass is 481 g/mol. The van der Waals surface area contributed by atoms with Gasteiger partial charge < -0.3 is 10.1 Å². The van der Waals surface area contributed by atoms with Gasteiger partial charge in [0.2, 0.25) is 0 Å². The van der Waals surface area contributed by atoms with Crippen molar-refractivity contribution < 1.29 is 9.53 Å². The van der Waals surface area contributed by atoms with Crippen molar-refractivity contribution >= 4 is 62.1 Å². The van der Waals surface area contributed by atoms with Crippen molar-refractivity contribution in [2.45, 2.75) is 13.8 Å². The van der Waals surface area contributed by atoms with Crippen molar-refractivity contribution in [3.05, 3.63) is 76.1 Å². The first-order valence-electron chi connectivity index (χ1n) is 9.85. The number of benzene rings is 3. The number of anilines is 1. The number of thiazole rings is 1. The van der Waals surface area contributed by atoms with Gasteiger partial charge in [0.25, 0.3) is 5.91 Å². The molecule has 0 unspecified atom stereocenters. The summed E-state index contributed by atoms with van der Waals surface area (Å²) in [6, 6.07) is 17.9. The van der Waals surface area contributed by atoms with Crippen LogP contribution in [-0.4, -0.2) is 22.6 Å². The fourth-order valence-electron chi connectivity index (χ4n) is 3.33. The Morgan fingerprint density at radius 3 is 2.62 bits per heavy atom. The molecule has 162 valence electrons. The molecule has 0 atom stereocenters. The summed E-state index contributed by atoms with van der Waals surface area (Å²) in [4.78, 5) is 16.8. The van der Waals surface area contributed by atoms with Crippen LogP contribution in [0.25, 0.3) is 22.0 Å². The zero-order valence-electron chi connectivity index (χ0n) is 17.4. The van der Waals surface area contributed by atoms with Crippen LogP contribution in [0.2, 0.25) is 5.02 Å². The highest BCUT2D eigenvalue weighted by atomic mass is 35.5. The second kappa shape index (κ2) is 9.65. The number of carbonyl (C=O) groups excluding carboxylic acids is 1. The van der Waals surface area contributed by atoms with Crippen molar-refractivity contribution in [2.75, 3.05) is 11.9 Å². The molecule has 1 amide bonds. The molecule has 0 radical (unpaired) electrons. The Balaban J connectivity index is 1.36. The van der Waals surface area contributed by atoms with Gasteiger partial charge in [-0.25, -0.2) is 4.98 Å². The topological polar surface area (TPSA) is 63.2 Å². The quantitative estimate of drug-likeness (QED) is 0.336. The lowest BCUT2D eigenvalue weighted by Crippen LogP contribution is -2.37. The maximum absolute atomic E-state index is 12.2. The van der Waals surface area contributed by atoms with E-state index in [-0.39, 0.29) is 17.6 Å². The summed E-state index contributed by atoms with van der Waals surface area (Å²) in [5.41, 5.74) is 3.68. The Kier molecular flexibility index (Phi) is 6.69. The molecule has 0 saturated carbocycles. The molecule has 4 aromatic rings. The Morgan fingerprint density at radius 2 is 1.84 bits per heavy atom. The summed E-state index contributed by atoms with van der Waals surface area (Å²) >= 11 is 12.8. The fraction of sp³-hybridized carbons (Fsp3) is 0.125. The van der Waals surface area contributed by atoms with E-state index in [1.165, 1.54) is 11.3 Å². The average molecular weight is 482 g/mol. The van der Waals surface area contributed by atoms with Crippen LogP contribution in [0.1, 0.15) is 11.1 Å². The van der Waals surface area contributed by atoms with Crippen molar-refractivity contribution in [2.24, 2.45) is 0 Å². The molecule has 0 fully saturated rings.